The lowest BCUT2D eigenvalue weighted by molar-refractivity contribution is 0.0372. The molecule has 0 bridgehead atoms. The highest BCUT2D eigenvalue weighted by atomic mass is 32.1. The number of amides is 1. The number of hydrogen-bond acceptors (Lipinski definition) is 4. The van der Waals surface area contributed by atoms with Gasteiger partial charge in [-0.05, 0) is 32.8 Å². The van der Waals surface area contributed by atoms with Crippen LogP contribution >= 0.6 is 24.0 Å². The second-order valence-corrected chi connectivity index (χ2v) is 6.07. The second kappa shape index (κ2) is 5.42. The Balaban J connectivity index is 2.02. The number of carbonyl (C=O) groups excluding carboxylic acids is 1. The maximum absolute atomic E-state index is 12.0. The van der Waals surface area contributed by atoms with E-state index in [2.05, 4.69) is 36.9 Å². The summed E-state index contributed by atoms with van der Waals surface area (Å²) in [6, 6.07) is 2.64. The van der Waals surface area contributed by atoms with Crippen LogP contribution in [-0.4, -0.2) is 23.0 Å². The van der Waals surface area contributed by atoms with Gasteiger partial charge < -0.3 is 0 Å². The summed E-state index contributed by atoms with van der Waals surface area (Å²) in [6.07, 6.45) is 3.54. The van der Waals surface area contributed by atoms with Crippen molar-refractivity contribution < 1.29 is 4.79 Å². The van der Waals surface area contributed by atoms with Crippen molar-refractivity contribution in [1.29, 1.82) is 0 Å². The number of thiophene rings is 1. The van der Waals surface area contributed by atoms with Crippen LogP contribution in [-0.2, 0) is 0 Å². The van der Waals surface area contributed by atoms with Gasteiger partial charge in [-0.2, -0.15) is 0 Å². The van der Waals surface area contributed by atoms with Gasteiger partial charge in [0, 0.05) is 22.4 Å². The van der Waals surface area contributed by atoms with Crippen molar-refractivity contribution in [2.24, 2.45) is 0 Å². The van der Waals surface area contributed by atoms with Gasteiger partial charge in [-0.25, -0.2) is 5.01 Å². The molecule has 2 atom stereocenters. The Morgan fingerprint density at radius 2 is 2.12 bits per heavy atom. The summed E-state index contributed by atoms with van der Waals surface area (Å²) in [4.78, 5) is 13.6. The Bertz CT molecular complexity index is 395. The van der Waals surface area contributed by atoms with Crippen LogP contribution in [0.4, 0.5) is 0 Å². The highest BCUT2D eigenvalue weighted by Gasteiger charge is 2.26. The van der Waals surface area contributed by atoms with Crippen molar-refractivity contribution >= 4 is 29.9 Å². The van der Waals surface area contributed by atoms with Crippen LogP contribution < -0.4 is 5.43 Å². The van der Waals surface area contributed by atoms with Gasteiger partial charge in [0.15, 0.2) is 0 Å². The fourth-order valence-corrected chi connectivity index (χ4v) is 3.30. The molecule has 1 fully saturated rings. The van der Waals surface area contributed by atoms with Crippen molar-refractivity contribution in [2.45, 2.75) is 50.1 Å². The fraction of sp³-hybridized carbons (Fsp3) is 0.583. The topological polar surface area (TPSA) is 32.3 Å². The van der Waals surface area contributed by atoms with E-state index in [-0.39, 0.29) is 5.91 Å². The third kappa shape index (κ3) is 3.03. The molecule has 5 heteroatoms. The Labute approximate surface area is 112 Å². The maximum Gasteiger partial charge on any atom is 0.275 e. The summed E-state index contributed by atoms with van der Waals surface area (Å²) < 4.78 is 0. The van der Waals surface area contributed by atoms with Crippen molar-refractivity contribution in [2.75, 3.05) is 0 Å². The van der Waals surface area contributed by atoms with Crippen LogP contribution in [0.2, 0.25) is 0 Å². The third-order valence-corrected chi connectivity index (χ3v) is 4.60. The van der Waals surface area contributed by atoms with Crippen molar-refractivity contribution in [3.63, 3.8) is 0 Å². The summed E-state index contributed by atoms with van der Waals surface area (Å²) in [5, 5.41) is 3.96. The Morgan fingerprint density at radius 3 is 2.65 bits per heavy atom. The zero-order valence-electron chi connectivity index (χ0n) is 10.1. The van der Waals surface area contributed by atoms with Gasteiger partial charge in [-0.1, -0.05) is 6.42 Å². The summed E-state index contributed by atoms with van der Waals surface area (Å²) in [6.45, 7) is 4.32. The largest absolute Gasteiger partial charge is 0.284 e. The molecule has 0 spiro atoms. The molecule has 1 aromatic rings. The molecule has 1 N–H and O–H groups in total. The average Bonchev–Trinajstić information content (AvgIpc) is 2.70. The molecule has 94 valence electrons. The zero-order valence-corrected chi connectivity index (χ0v) is 11.9. The molecule has 17 heavy (non-hydrogen) atoms. The first-order valence-electron chi connectivity index (χ1n) is 5.94. The molecule has 1 amide bonds. The van der Waals surface area contributed by atoms with E-state index in [0.29, 0.717) is 12.1 Å². The minimum atomic E-state index is -0.0177. The van der Waals surface area contributed by atoms with E-state index < -0.39 is 0 Å². The van der Waals surface area contributed by atoms with Crippen molar-refractivity contribution in [1.82, 2.24) is 10.4 Å². The van der Waals surface area contributed by atoms with E-state index in [0.717, 1.165) is 22.6 Å². The van der Waals surface area contributed by atoms with Crippen LogP contribution in [0.3, 0.4) is 0 Å². The van der Waals surface area contributed by atoms with E-state index >= 15 is 0 Å². The molecule has 2 rings (SSSR count). The molecule has 1 saturated heterocycles. The lowest BCUT2D eigenvalue weighted by atomic mass is 10.00. The number of nitrogens with one attached hydrogen (secondary N) is 1. The summed E-state index contributed by atoms with van der Waals surface area (Å²) in [5.74, 6) is -0.0177. The lowest BCUT2D eigenvalue weighted by Crippen LogP contribution is -2.53. The maximum atomic E-state index is 12.0. The first-order chi connectivity index (χ1) is 8.08. The van der Waals surface area contributed by atoms with Gasteiger partial charge in [-0.15, -0.1) is 24.0 Å². The second-order valence-electron chi connectivity index (χ2n) is 4.65. The van der Waals surface area contributed by atoms with Gasteiger partial charge in [-0.3, -0.25) is 10.2 Å². The highest BCUT2D eigenvalue weighted by molar-refractivity contribution is 7.80. The Kier molecular flexibility index (Phi) is 4.12. The standard InChI is InChI=1S/C12H18N2OS2/c1-8-4-3-5-9(2)14(8)13-12(15)11-6-10(16)7-17-11/h6-9,16H,3-5H2,1-2H3,(H,13,15). The van der Waals surface area contributed by atoms with Gasteiger partial charge in [0.2, 0.25) is 0 Å². The first kappa shape index (κ1) is 12.9. The Morgan fingerprint density at radius 1 is 1.47 bits per heavy atom. The van der Waals surface area contributed by atoms with E-state index in [1.54, 1.807) is 0 Å². The molecule has 0 radical (unpaired) electrons. The number of carbonyl (C=O) groups is 1. The molecule has 1 aromatic heterocycles. The van der Waals surface area contributed by atoms with E-state index in [1.165, 1.54) is 17.8 Å². The normalized spacial score (nSPS) is 25.8. The zero-order chi connectivity index (χ0) is 12.4. The summed E-state index contributed by atoms with van der Waals surface area (Å²) in [7, 11) is 0. The highest BCUT2D eigenvalue weighted by Crippen LogP contribution is 2.22. The molecule has 2 unspecified atom stereocenters. The van der Waals surface area contributed by atoms with Crippen molar-refractivity contribution in [3.8, 4) is 0 Å². The minimum absolute atomic E-state index is 0.0177. The minimum Gasteiger partial charge on any atom is -0.284 e. The summed E-state index contributed by atoms with van der Waals surface area (Å²) in [5.41, 5.74) is 3.02. The van der Waals surface area contributed by atoms with Crippen LogP contribution in [0, 0.1) is 0 Å². The third-order valence-electron chi connectivity index (χ3n) is 3.23. The van der Waals surface area contributed by atoms with Crippen LogP contribution in [0.5, 0.6) is 0 Å². The quantitative estimate of drug-likeness (QED) is 0.810. The number of rotatable bonds is 2. The van der Waals surface area contributed by atoms with Crippen LogP contribution in [0.1, 0.15) is 42.8 Å². The molecular formula is C12H18N2OS2. The van der Waals surface area contributed by atoms with E-state index in [1.807, 2.05) is 11.4 Å². The molecular weight excluding hydrogens is 252 g/mol. The fourth-order valence-electron chi connectivity index (χ4n) is 2.26. The van der Waals surface area contributed by atoms with E-state index in [4.69, 9.17) is 0 Å². The number of nitrogens with zero attached hydrogens (tertiary/aromatic N) is 1. The average molecular weight is 270 g/mol. The van der Waals surface area contributed by atoms with Gasteiger partial charge >= 0.3 is 0 Å². The predicted octanol–water partition coefficient (Wildman–Crippen LogP) is 2.94. The SMILES string of the molecule is CC1CCCC(C)N1NC(=O)c1cc(S)cs1. The van der Waals surface area contributed by atoms with Crippen LogP contribution in [0.15, 0.2) is 16.3 Å². The molecule has 1 aliphatic heterocycles. The monoisotopic (exact) mass is 270 g/mol. The first-order valence-corrected chi connectivity index (χ1v) is 7.27. The smallest absolute Gasteiger partial charge is 0.275 e. The summed E-state index contributed by atoms with van der Waals surface area (Å²) >= 11 is 5.65. The number of hydrogen-bond donors (Lipinski definition) is 2. The van der Waals surface area contributed by atoms with Gasteiger partial charge in [0.25, 0.3) is 5.91 Å². The number of thiol groups is 1. The van der Waals surface area contributed by atoms with Crippen LogP contribution in [0.25, 0.3) is 0 Å². The van der Waals surface area contributed by atoms with Gasteiger partial charge in [0.05, 0.1) is 4.88 Å². The molecule has 0 saturated carbocycles. The number of hydrazine groups is 1. The lowest BCUT2D eigenvalue weighted by Gasteiger charge is -2.38. The Hall–Kier alpha value is -0.520. The molecule has 2 heterocycles. The van der Waals surface area contributed by atoms with E-state index in [9.17, 15) is 4.79 Å². The molecule has 0 aliphatic carbocycles. The predicted molar refractivity (Wildman–Crippen MR) is 73.7 cm³/mol. The van der Waals surface area contributed by atoms with Crippen molar-refractivity contribution in [3.05, 3.63) is 16.3 Å². The number of piperidine rings is 1. The molecule has 1 aliphatic rings. The molecule has 0 aromatic carbocycles. The molecule has 3 nitrogen and oxygen atoms in total. The van der Waals surface area contributed by atoms with Gasteiger partial charge in [0.1, 0.15) is 0 Å².